The fourth-order valence-corrected chi connectivity index (χ4v) is 1.21. The summed E-state index contributed by atoms with van der Waals surface area (Å²) in [5, 5.41) is 0. The third kappa shape index (κ3) is 5.58. The molecule has 2 nitrogen and oxygen atoms in total. The quantitative estimate of drug-likeness (QED) is 0.744. The van der Waals surface area contributed by atoms with Gasteiger partial charge in [0.1, 0.15) is 12.4 Å². The molecule has 1 aromatic carbocycles. The van der Waals surface area contributed by atoms with Crippen LogP contribution in [-0.2, 0) is 4.74 Å². The zero-order valence-corrected chi connectivity index (χ0v) is 10.2. The van der Waals surface area contributed by atoms with Crippen molar-refractivity contribution in [2.45, 2.75) is 13.3 Å². The van der Waals surface area contributed by atoms with Crippen molar-refractivity contribution < 1.29 is 22.6 Å². The molecular formula is C12H17F3O2. The van der Waals surface area contributed by atoms with Gasteiger partial charge in [0, 0.05) is 12.7 Å². The van der Waals surface area contributed by atoms with Gasteiger partial charge in [-0.1, -0.05) is 0 Å². The van der Waals surface area contributed by atoms with E-state index in [0.717, 1.165) is 0 Å². The maximum absolute atomic E-state index is 12.3. The van der Waals surface area contributed by atoms with Gasteiger partial charge >= 0.3 is 0 Å². The predicted molar refractivity (Wildman–Crippen MR) is 60.5 cm³/mol. The van der Waals surface area contributed by atoms with E-state index in [9.17, 15) is 13.2 Å². The molecule has 17 heavy (non-hydrogen) atoms. The monoisotopic (exact) mass is 250 g/mol. The van der Waals surface area contributed by atoms with Crippen LogP contribution in [-0.4, -0.2) is 27.5 Å². The molecule has 1 aromatic rings. The van der Waals surface area contributed by atoms with Crippen LogP contribution >= 0.6 is 0 Å². The summed E-state index contributed by atoms with van der Waals surface area (Å²) in [7, 11) is 2.08. The molecule has 1 rings (SSSR count). The van der Waals surface area contributed by atoms with Gasteiger partial charge in [-0.25, -0.2) is 8.78 Å². The molecule has 0 bridgehead atoms. The average molecular weight is 250 g/mol. The van der Waals surface area contributed by atoms with Crippen molar-refractivity contribution in [2.75, 3.05) is 27.5 Å². The van der Waals surface area contributed by atoms with E-state index in [2.05, 4.69) is 0 Å². The summed E-state index contributed by atoms with van der Waals surface area (Å²) in [6.07, 6.45) is -2.43. The van der Waals surface area contributed by atoms with Crippen molar-refractivity contribution in [3.05, 3.63) is 29.3 Å². The number of benzene rings is 1. The highest BCUT2D eigenvalue weighted by Gasteiger charge is 2.08. The summed E-state index contributed by atoms with van der Waals surface area (Å²) in [6, 6.07) is 4.37. The van der Waals surface area contributed by atoms with Crippen LogP contribution in [0.3, 0.4) is 0 Å². The SMILES string of the molecule is CF.COCCOc1ccc(C(F)F)cc1C. The van der Waals surface area contributed by atoms with Gasteiger partial charge in [-0.2, -0.15) is 0 Å². The maximum Gasteiger partial charge on any atom is 0.263 e. The molecule has 5 heteroatoms. The van der Waals surface area contributed by atoms with Gasteiger partial charge in [0.2, 0.25) is 0 Å². The number of hydrogen-bond donors (Lipinski definition) is 0. The summed E-state index contributed by atoms with van der Waals surface area (Å²) < 4.78 is 44.3. The molecule has 0 aliphatic carbocycles. The van der Waals surface area contributed by atoms with Crippen LogP contribution < -0.4 is 4.74 Å². The molecule has 0 atom stereocenters. The average Bonchev–Trinajstić information content (AvgIpc) is 2.34. The molecular weight excluding hydrogens is 233 g/mol. The maximum atomic E-state index is 12.3. The first-order valence-electron chi connectivity index (χ1n) is 5.03. The normalized spacial score (nSPS) is 9.82. The summed E-state index contributed by atoms with van der Waals surface area (Å²) >= 11 is 0. The molecule has 0 amide bonds. The summed E-state index contributed by atoms with van der Waals surface area (Å²) in [6.45, 7) is 2.65. The summed E-state index contributed by atoms with van der Waals surface area (Å²) in [5.41, 5.74) is 0.732. The van der Waals surface area contributed by atoms with Gasteiger partial charge in [0.15, 0.2) is 0 Å². The lowest BCUT2D eigenvalue weighted by molar-refractivity contribution is 0.144. The Hall–Kier alpha value is -1.23. The molecule has 0 aliphatic rings. The first-order valence-corrected chi connectivity index (χ1v) is 5.03. The van der Waals surface area contributed by atoms with Gasteiger partial charge in [-0.3, -0.25) is 4.39 Å². The highest BCUT2D eigenvalue weighted by Crippen LogP contribution is 2.25. The molecule has 0 saturated heterocycles. The van der Waals surface area contributed by atoms with Crippen molar-refractivity contribution in [2.24, 2.45) is 0 Å². The van der Waals surface area contributed by atoms with Crippen LogP contribution in [0.15, 0.2) is 18.2 Å². The lowest BCUT2D eigenvalue weighted by atomic mass is 10.1. The third-order valence-corrected chi connectivity index (χ3v) is 2.00. The van der Waals surface area contributed by atoms with Crippen LogP contribution in [0, 0.1) is 6.92 Å². The van der Waals surface area contributed by atoms with Gasteiger partial charge in [0.05, 0.1) is 13.8 Å². The molecule has 0 aliphatic heterocycles. The van der Waals surface area contributed by atoms with Crippen LogP contribution in [0.5, 0.6) is 5.75 Å². The Labute approximate surface area is 99.4 Å². The Kier molecular flexibility index (Phi) is 8.23. The van der Waals surface area contributed by atoms with E-state index < -0.39 is 6.43 Å². The second-order valence-electron chi connectivity index (χ2n) is 3.17. The van der Waals surface area contributed by atoms with Gasteiger partial charge < -0.3 is 9.47 Å². The zero-order chi connectivity index (χ0) is 13.3. The van der Waals surface area contributed by atoms with E-state index in [4.69, 9.17) is 9.47 Å². The van der Waals surface area contributed by atoms with Crippen LogP contribution in [0.1, 0.15) is 17.6 Å². The van der Waals surface area contributed by atoms with Crippen molar-refractivity contribution >= 4 is 0 Å². The zero-order valence-electron chi connectivity index (χ0n) is 10.2. The van der Waals surface area contributed by atoms with Crippen molar-refractivity contribution in [3.63, 3.8) is 0 Å². The largest absolute Gasteiger partial charge is 0.491 e. The standard InChI is InChI=1S/C11H14F2O2.CH3F/c1-8-7-9(11(12)13)3-4-10(8)15-6-5-14-2;1-2/h3-4,7,11H,5-6H2,1-2H3;1H3. The summed E-state index contributed by atoms with van der Waals surface area (Å²) in [5.74, 6) is 0.622. The van der Waals surface area contributed by atoms with Crippen LogP contribution in [0.25, 0.3) is 0 Å². The van der Waals surface area contributed by atoms with Crippen molar-refractivity contribution in [1.82, 2.24) is 0 Å². The molecule has 0 radical (unpaired) electrons. The molecule has 0 N–H and O–H groups in total. The molecule has 0 heterocycles. The Morgan fingerprint density at radius 2 is 1.82 bits per heavy atom. The first kappa shape index (κ1) is 15.8. The molecule has 98 valence electrons. The predicted octanol–water partition coefficient (Wildman–Crippen LogP) is 3.54. The third-order valence-electron chi connectivity index (χ3n) is 2.00. The van der Waals surface area contributed by atoms with Gasteiger partial charge in [-0.15, -0.1) is 0 Å². The van der Waals surface area contributed by atoms with E-state index in [1.54, 1.807) is 20.1 Å². The second kappa shape index (κ2) is 8.87. The highest BCUT2D eigenvalue weighted by atomic mass is 19.3. The van der Waals surface area contributed by atoms with Crippen LogP contribution in [0.2, 0.25) is 0 Å². The lowest BCUT2D eigenvalue weighted by Crippen LogP contribution is -2.05. The van der Waals surface area contributed by atoms with E-state index in [-0.39, 0.29) is 5.56 Å². The Bertz CT molecular complexity index is 317. The highest BCUT2D eigenvalue weighted by molar-refractivity contribution is 5.36. The fourth-order valence-electron chi connectivity index (χ4n) is 1.21. The lowest BCUT2D eigenvalue weighted by Gasteiger charge is -2.09. The minimum Gasteiger partial charge on any atom is -0.491 e. The summed E-state index contributed by atoms with van der Waals surface area (Å²) in [4.78, 5) is 0. The van der Waals surface area contributed by atoms with Gasteiger partial charge in [-0.05, 0) is 30.7 Å². The second-order valence-corrected chi connectivity index (χ2v) is 3.17. The minimum absolute atomic E-state index is 0.0200. The van der Waals surface area contributed by atoms with E-state index in [1.807, 2.05) is 0 Å². The number of rotatable bonds is 5. The Morgan fingerprint density at radius 1 is 1.18 bits per heavy atom. The van der Waals surface area contributed by atoms with Crippen molar-refractivity contribution in [3.8, 4) is 5.75 Å². The number of alkyl halides is 3. The topological polar surface area (TPSA) is 18.5 Å². The van der Waals surface area contributed by atoms with Crippen molar-refractivity contribution in [1.29, 1.82) is 0 Å². The van der Waals surface area contributed by atoms with E-state index in [1.165, 1.54) is 12.1 Å². The van der Waals surface area contributed by atoms with Gasteiger partial charge in [0.25, 0.3) is 6.43 Å². The molecule has 0 fully saturated rings. The van der Waals surface area contributed by atoms with Crippen LogP contribution in [0.4, 0.5) is 13.2 Å². The number of halogens is 3. The Balaban J connectivity index is 0.00000121. The number of aryl methyl sites for hydroxylation is 1. The molecule has 0 aromatic heterocycles. The number of ether oxygens (including phenoxy) is 2. The molecule has 0 saturated carbocycles. The number of hydrogen-bond acceptors (Lipinski definition) is 2. The van der Waals surface area contributed by atoms with E-state index in [0.29, 0.717) is 31.7 Å². The van der Waals surface area contributed by atoms with E-state index >= 15 is 0 Å². The Morgan fingerprint density at radius 3 is 2.29 bits per heavy atom. The number of methoxy groups -OCH3 is 1. The first-order chi connectivity index (χ1) is 8.15. The smallest absolute Gasteiger partial charge is 0.263 e. The molecule has 0 unspecified atom stereocenters. The fraction of sp³-hybridized carbons (Fsp3) is 0.500. The minimum atomic E-state index is -2.43. The molecule has 0 spiro atoms.